The predicted octanol–water partition coefficient (Wildman–Crippen LogP) is 1.81. The van der Waals surface area contributed by atoms with Crippen LogP contribution < -0.4 is 14.8 Å². The molecule has 4 nitrogen and oxygen atoms in total. The first-order valence-electron chi connectivity index (χ1n) is 6.81. The molecular formula is C15H21NO3. The molecule has 2 heterocycles. The molecule has 1 atom stereocenters. The van der Waals surface area contributed by atoms with Crippen LogP contribution in [0, 0.1) is 0 Å². The topological polar surface area (TPSA) is 50.7 Å². The maximum absolute atomic E-state index is 9.98. The van der Waals surface area contributed by atoms with Crippen LogP contribution in [-0.4, -0.2) is 30.6 Å². The van der Waals surface area contributed by atoms with Gasteiger partial charge in [0.25, 0.3) is 0 Å². The van der Waals surface area contributed by atoms with Crippen molar-refractivity contribution in [3.63, 3.8) is 0 Å². The fraction of sp³-hybridized carbons (Fsp3) is 0.600. The molecule has 2 aliphatic heterocycles. The Morgan fingerprint density at radius 2 is 2.05 bits per heavy atom. The number of rotatable bonds is 2. The van der Waals surface area contributed by atoms with E-state index in [1.807, 2.05) is 12.1 Å². The molecule has 2 N–H and O–H groups in total. The zero-order valence-corrected chi connectivity index (χ0v) is 11.5. The number of hydrogen-bond donors (Lipinski definition) is 2. The molecule has 0 aromatic heterocycles. The highest BCUT2D eigenvalue weighted by Crippen LogP contribution is 2.42. The smallest absolute Gasteiger partial charge is 0.231 e. The highest BCUT2D eigenvalue weighted by molar-refractivity contribution is 5.47. The third-order valence-corrected chi connectivity index (χ3v) is 4.28. The number of nitrogens with one attached hydrogen (secondary N) is 1. The normalized spacial score (nSPS) is 28.4. The molecule has 4 heteroatoms. The van der Waals surface area contributed by atoms with Gasteiger partial charge in [0.1, 0.15) is 0 Å². The molecule has 1 unspecified atom stereocenters. The lowest BCUT2D eigenvalue weighted by Gasteiger charge is -2.45. The Morgan fingerprint density at radius 1 is 1.26 bits per heavy atom. The predicted molar refractivity (Wildman–Crippen MR) is 72.6 cm³/mol. The Morgan fingerprint density at radius 3 is 2.79 bits per heavy atom. The highest BCUT2D eigenvalue weighted by Gasteiger charge is 2.41. The standard InChI is InChI=1S/C15H21NO3/c1-14(2)8-15(9-17,5-6-16-14)11-3-4-12-13(7-11)19-10-18-12/h3-4,7,16-17H,5-6,8-10H2,1-2H3. The average molecular weight is 263 g/mol. The first-order chi connectivity index (χ1) is 9.05. The second-order valence-corrected chi connectivity index (χ2v) is 6.24. The summed E-state index contributed by atoms with van der Waals surface area (Å²) in [6.07, 6.45) is 1.85. The van der Waals surface area contributed by atoms with Gasteiger partial charge in [-0.05, 0) is 50.9 Å². The van der Waals surface area contributed by atoms with E-state index in [-0.39, 0.29) is 24.4 Å². The molecule has 0 amide bonds. The number of piperidine rings is 1. The van der Waals surface area contributed by atoms with Gasteiger partial charge in [0.05, 0.1) is 6.61 Å². The van der Waals surface area contributed by atoms with Crippen LogP contribution in [0.2, 0.25) is 0 Å². The van der Waals surface area contributed by atoms with E-state index in [1.165, 1.54) is 0 Å². The van der Waals surface area contributed by atoms with Crippen molar-refractivity contribution in [1.82, 2.24) is 5.32 Å². The molecule has 19 heavy (non-hydrogen) atoms. The van der Waals surface area contributed by atoms with Crippen LogP contribution in [-0.2, 0) is 5.41 Å². The lowest BCUT2D eigenvalue weighted by atomic mass is 9.68. The van der Waals surface area contributed by atoms with E-state index in [1.54, 1.807) is 0 Å². The van der Waals surface area contributed by atoms with E-state index in [9.17, 15) is 5.11 Å². The summed E-state index contributed by atoms with van der Waals surface area (Å²) in [5.74, 6) is 1.59. The zero-order valence-electron chi connectivity index (χ0n) is 11.5. The van der Waals surface area contributed by atoms with Gasteiger partial charge in [-0.25, -0.2) is 0 Å². The highest BCUT2D eigenvalue weighted by atomic mass is 16.7. The van der Waals surface area contributed by atoms with Crippen molar-refractivity contribution in [2.75, 3.05) is 19.9 Å². The molecule has 0 spiro atoms. The summed E-state index contributed by atoms with van der Waals surface area (Å²) in [5, 5.41) is 13.5. The second-order valence-electron chi connectivity index (χ2n) is 6.24. The van der Waals surface area contributed by atoms with E-state index < -0.39 is 0 Å². The summed E-state index contributed by atoms with van der Waals surface area (Å²) in [6.45, 7) is 5.74. The fourth-order valence-electron chi connectivity index (χ4n) is 3.34. The van der Waals surface area contributed by atoms with Crippen LogP contribution >= 0.6 is 0 Å². The lowest BCUT2D eigenvalue weighted by molar-refractivity contribution is 0.112. The van der Waals surface area contributed by atoms with Gasteiger partial charge in [0.15, 0.2) is 11.5 Å². The Kier molecular flexibility index (Phi) is 2.95. The summed E-state index contributed by atoms with van der Waals surface area (Å²) in [4.78, 5) is 0. The summed E-state index contributed by atoms with van der Waals surface area (Å²) < 4.78 is 10.8. The molecule has 1 saturated heterocycles. The van der Waals surface area contributed by atoms with E-state index >= 15 is 0 Å². The van der Waals surface area contributed by atoms with Crippen LogP contribution in [0.25, 0.3) is 0 Å². The molecule has 104 valence electrons. The van der Waals surface area contributed by atoms with Crippen molar-refractivity contribution in [2.24, 2.45) is 0 Å². The number of fused-ring (bicyclic) bond motifs is 1. The maximum atomic E-state index is 9.98. The van der Waals surface area contributed by atoms with E-state index in [4.69, 9.17) is 9.47 Å². The largest absolute Gasteiger partial charge is 0.454 e. The molecule has 0 aliphatic carbocycles. The minimum atomic E-state index is -0.185. The summed E-state index contributed by atoms with van der Waals surface area (Å²) >= 11 is 0. The minimum absolute atomic E-state index is 0.0390. The van der Waals surface area contributed by atoms with Gasteiger partial charge >= 0.3 is 0 Å². The quantitative estimate of drug-likeness (QED) is 0.854. The third kappa shape index (κ3) is 2.19. The van der Waals surface area contributed by atoms with Crippen LogP contribution in [0.1, 0.15) is 32.3 Å². The molecule has 1 fully saturated rings. The summed E-state index contributed by atoms with van der Waals surface area (Å²) in [6, 6.07) is 6.04. The van der Waals surface area contributed by atoms with Crippen LogP contribution in [0.5, 0.6) is 11.5 Å². The Bertz CT molecular complexity index is 486. The van der Waals surface area contributed by atoms with Gasteiger partial charge in [-0.1, -0.05) is 6.07 Å². The minimum Gasteiger partial charge on any atom is -0.454 e. The molecule has 0 saturated carbocycles. The number of aliphatic hydroxyl groups excluding tert-OH is 1. The van der Waals surface area contributed by atoms with Gasteiger partial charge in [-0.3, -0.25) is 0 Å². The number of hydrogen-bond acceptors (Lipinski definition) is 4. The molecule has 1 aromatic rings. The molecule has 0 bridgehead atoms. The Hall–Kier alpha value is -1.26. The molecule has 2 aliphatic rings. The van der Waals surface area contributed by atoms with Crippen molar-refractivity contribution >= 4 is 0 Å². The van der Waals surface area contributed by atoms with Crippen molar-refractivity contribution in [2.45, 2.75) is 37.6 Å². The van der Waals surface area contributed by atoms with Gasteiger partial charge in [-0.2, -0.15) is 0 Å². The maximum Gasteiger partial charge on any atom is 0.231 e. The molecule has 1 aromatic carbocycles. The van der Waals surface area contributed by atoms with Gasteiger partial charge < -0.3 is 19.9 Å². The third-order valence-electron chi connectivity index (χ3n) is 4.28. The van der Waals surface area contributed by atoms with Crippen molar-refractivity contribution in [1.29, 1.82) is 0 Å². The van der Waals surface area contributed by atoms with Gasteiger partial charge in [0, 0.05) is 11.0 Å². The summed E-state index contributed by atoms with van der Waals surface area (Å²) in [7, 11) is 0. The van der Waals surface area contributed by atoms with E-state index in [2.05, 4.69) is 25.2 Å². The second kappa shape index (κ2) is 4.39. The van der Waals surface area contributed by atoms with Crippen molar-refractivity contribution in [3.05, 3.63) is 23.8 Å². The molecular weight excluding hydrogens is 242 g/mol. The van der Waals surface area contributed by atoms with Crippen LogP contribution in [0.15, 0.2) is 18.2 Å². The van der Waals surface area contributed by atoms with Crippen LogP contribution in [0.4, 0.5) is 0 Å². The van der Waals surface area contributed by atoms with Crippen LogP contribution in [0.3, 0.4) is 0 Å². The van der Waals surface area contributed by atoms with Gasteiger partial charge in [0.2, 0.25) is 6.79 Å². The van der Waals surface area contributed by atoms with Gasteiger partial charge in [-0.15, -0.1) is 0 Å². The Balaban J connectivity index is 1.97. The first-order valence-corrected chi connectivity index (χ1v) is 6.81. The van der Waals surface area contributed by atoms with E-state index in [0.717, 1.165) is 36.4 Å². The molecule has 3 rings (SSSR count). The lowest BCUT2D eigenvalue weighted by Crippen LogP contribution is -2.53. The number of benzene rings is 1. The van der Waals surface area contributed by atoms with Crippen molar-refractivity contribution < 1.29 is 14.6 Å². The molecule has 0 radical (unpaired) electrons. The van der Waals surface area contributed by atoms with Crippen molar-refractivity contribution in [3.8, 4) is 11.5 Å². The number of ether oxygens (including phenoxy) is 2. The average Bonchev–Trinajstić information content (AvgIpc) is 2.84. The summed E-state index contributed by atoms with van der Waals surface area (Å²) in [5.41, 5.74) is 1.00. The fourth-order valence-corrected chi connectivity index (χ4v) is 3.34. The van der Waals surface area contributed by atoms with E-state index in [0.29, 0.717) is 0 Å². The SMILES string of the molecule is CC1(C)CC(CO)(c2ccc3c(c2)OCO3)CCN1. The monoisotopic (exact) mass is 263 g/mol. The zero-order chi connectivity index (χ0) is 13.5. The Labute approximate surface area is 113 Å². The number of aliphatic hydroxyl groups is 1. The first kappa shape index (κ1) is 12.8.